The molecule has 1 N–H and O–H groups in total. The van der Waals surface area contributed by atoms with Crippen molar-refractivity contribution in [2.45, 2.75) is 33.1 Å². The van der Waals surface area contributed by atoms with Gasteiger partial charge in [0.25, 0.3) is 5.91 Å². The van der Waals surface area contributed by atoms with Gasteiger partial charge in [0, 0.05) is 16.1 Å². The Labute approximate surface area is 191 Å². The van der Waals surface area contributed by atoms with Crippen molar-refractivity contribution in [2.24, 2.45) is 0 Å². The van der Waals surface area contributed by atoms with Crippen LogP contribution in [0.15, 0.2) is 59.0 Å². The highest BCUT2D eigenvalue weighted by Crippen LogP contribution is 2.32. The van der Waals surface area contributed by atoms with Gasteiger partial charge >= 0.3 is 0 Å². The van der Waals surface area contributed by atoms with E-state index in [2.05, 4.69) is 36.3 Å². The first kappa shape index (κ1) is 21.4. The molecule has 0 aliphatic rings. The van der Waals surface area contributed by atoms with Crippen LogP contribution in [0, 0.1) is 6.92 Å². The maximum Gasteiger partial charge on any atom is 0.255 e. The summed E-state index contributed by atoms with van der Waals surface area (Å²) >= 11 is 12.5. The smallest absolute Gasteiger partial charge is 0.255 e. The first-order chi connectivity index (χ1) is 14.9. The number of rotatable bonds is 5. The summed E-state index contributed by atoms with van der Waals surface area (Å²) in [5.41, 5.74) is 5.32. The molecule has 0 aliphatic heterocycles. The van der Waals surface area contributed by atoms with Crippen LogP contribution in [-0.2, 0) is 0 Å². The zero-order chi connectivity index (χ0) is 22.1. The number of aromatic nitrogens is 1. The van der Waals surface area contributed by atoms with Crippen LogP contribution in [0.4, 0.5) is 5.69 Å². The van der Waals surface area contributed by atoms with Crippen molar-refractivity contribution in [3.8, 4) is 11.5 Å². The molecule has 0 saturated carbocycles. The molecule has 4 aromatic rings. The van der Waals surface area contributed by atoms with Gasteiger partial charge in [0.1, 0.15) is 5.52 Å². The zero-order valence-electron chi connectivity index (χ0n) is 17.5. The Morgan fingerprint density at radius 1 is 1.06 bits per heavy atom. The number of anilines is 1. The van der Waals surface area contributed by atoms with E-state index in [0.29, 0.717) is 33.1 Å². The number of oxazole rings is 1. The SMILES string of the molecule is CC[C@H](C)c1ccc2oc(-c3ccc(Cl)c(NC(=O)c4ccc(C)c(Cl)c4)c3)nc2c1. The third kappa shape index (κ3) is 4.46. The molecule has 0 aliphatic carbocycles. The highest BCUT2D eigenvalue weighted by Gasteiger charge is 2.15. The number of carbonyl (C=O) groups is 1. The van der Waals surface area contributed by atoms with Crippen LogP contribution < -0.4 is 5.32 Å². The number of fused-ring (bicyclic) bond motifs is 1. The van der Waals surface area contributed by atoms with Crippen LogP contribution in [-0.4, -0.2) is 10.9 Å². The lowest BCUT2D eigenvalue weighted by Gasteiger charge is -2.09. The van der Waals surface area contributed by atoms with Crippen LogP contribution in [0.25, 0.3) is 22.6 Å². The molecule has 0 saturated heterocycles. The van der Waals surface area contributed by atoms with Crippen molar-refractivity contribution in [1.82, 2.24) is 4.98 Å². The molecular weight excluding hydrogens is 431 g/mol. The number of amides is 1. The monoisotopic (exact) mass is 452 g/mol. The number of nitrogens with zero attached hydrogens (tertiary/aromatic N) is 1. The van der Waals surface area contributed by atoms with E-state index < -0.39 is 0 Å². The predicted octanol–water partition coefficient (Wildman–Crippen LogP) is 7.88. The summed E-state index contributed by atoms with van der Waals surface area (Å²) in [7, 11) is 0. The predicted molar refractivity (Wildman–Crippen MR) is 127 cm³/mol. The molecule has 3 aromatic carbocycles. The maximum atomic E-state index is 12.7. The normalized spacial score (nSPS) is 12.2. The molecule has 158 valence electrons. The number of hydrogen-bond donors (Lipinski definition) is 1. The Morgan fingerprint density at radius 2 is 1.87 bits per heavy atom. The molecule has 4 nitrogen and oxygen atoms in total. The van der Waals surface area contributed by atoms with Gasteiger partial charge in [-0.05, 0) is 72.9 Å². The average molecular weight is 453 g/mol. The first-order valence-corrected chi connectivity index (χ1v) is 10.9. The highest BCUT2D eigenvalue weighted by molar-refractivity contribution is 6.34. The standard InChI is InChI=1S/C25H22Cl2N2O2/c1-4-14(2)16-8-10-23-22(12-16)29-25(31-23)18-7-9-19(26)21(13-18)28-24(30)17-6-5-15(3)20(27)11-17/h5-14H,4H2,1-3H3,(H,28,30)/t14-/m0/s1. The van der Waals surface area contributed by atoms with Crippen LogP contribution in [0.1, 0.15) is 47.7 Å². The molecule has 6 heteroatoms. The third-order valence-corrected chi connectivity index (χ3v) is 6.23. The molecule has 0 unspecified atom stereocenters. The van der Waals surface area contributed by atoms with Gasteiger partial charge in [0.05, 0.1) is 10.7 Å². The summed E-state index contributed by atoms with van der Waals surface area (Å²) < 4.78 is 5.95. The molecule has 1 atom stereocenters. The van der Waals surface area contributed by atoms with Crippen LogP contribution in [0.3, 0.4) is 0 Å². The van der Waals surface area contributed by atoms with Gasteiger partial charge in [-0.15, -0.1) is 0 Å². The Bertz CT molecular complexity index is 1280. The van der Waals surface area contributed by atoms with E-state index in [0.717, 1.165) is 28.6 Å². The number of halogens is 2. The number of hydrogen-bond acceptors (Lipinski definition) is 3. The minimum atomic E-state index is -0.295. The lowest BCUT2D eigenvalue weighted by molar-refractivity contribution is 0.102. The molecule has 1 amide bonds. The second-order valence-electron chi connectivity index (χ2n) is 7.67. The molecular formula is C25H22Cl2N2O2. The minimum Gasteiger partial charge on any atom is -0.436 e. The van der Waals surface area contributed by atoms with Gasteiger partial charge in [-0.25, -0.2) is 4.98 Å². The van der Waals surface area contributed by atoms with Crippen molar-refractivity contribution in [3.05, 3.63) is 81.3 Å². The molecule has 31 heavy (non-hydrogen) atoms. The summed E-state index contributed by atoms with van der Waals surface area (Å²) in [6.07, 6.45) is 1.06. The number of carbonyl (C=O) groups excluding carboxylic acids is 1. The second-order valence-corrected chi connectivity index (χ2v) is 8.48. The Hall–Kier alpha value is -2.82. The van der Waals surface area contributed by atoms with Gasteiger partial charge in [0.2, 0.25) is 5.89 Å². The summed E-state index contributed by atoms with van der Waals surface area (Å²) in [5.74, 6) is 0.635. The topological polar surface area (TPSA) is 55.1 Å². The Balaban J connectivity index is 1.64. The largest absolute Gasteiger partial charge is 0.436 e. The molecule has 0 bridgehead atoms. The van der Waals surface area contributed by atoms with Gasteiger partial charge in [-0.3, -0.25) is 4.79 Å². The fourth-order valence-corrected chi connectivity index (χ4v) is 3.64. The highest BCUT2D eigenvalue weighted by atomic mass is 35.5. The minimum absolute atomic E-state index is 0.295. The van der Waals surface area contributed by atoms with E-state index in [1.165, 1.54) is 5.56 Å². The van der Waals surface area contributed by atoms with Gasteiger partial charge < -0.3 is 9.73 Å². The van der Waals surface area contributed by atoms with Crippen molar-refractivity contribution in [2.75, 3.05) is 5.32 Å². The Morgan fingerprint density at radius 3 is 2.61 bits per heavy atom. The third-order valence-electron chi connectivity index (χ3n) is 5.49. The molecule has 1 aromatic heterocycles. The van der Waals surface area contributed by atoms with Gasteiger partial charge in [0.15, 0.2) is 5.58 Å². The van der Waals surface area contributed by atoms with Gasteiger partial charge in [-0.1, -0.05) is 49.2 Å². The molecule has 4 rings (SSSR count). The van der Waals surface area contributed by atoms with Crippen LogP contribution >= 0.6 is 23.2 Å². The molecule has 0 radical (unpaired) electrons. The van der Waals surface area contributed by atoms with E-state index in [-0.39, 0.29) is 5.91 Å². The van der Waals surface area contributed by atoms with E-state index in [9.17, 15) is 4.79 Å². The number of nitrogens with one attached hydrogen (secondary N) is 1. The van der Waals surface area contributed by atoms with Crippen molar-refractivity contribution < 1.29 is 9.21 Å². The van der Waals surface area contributed by atoms with Gasteiger partial charge in [-0.2, -0.15) is 0 Å². The Kier molecular flexibility index (Phi) is 6.03. The summed E-state index contributed by atoms with van der Waals surface area (Å²) in [5, 5.41) is 3.81. The summed E-state index contributed by atoms with van der Waals surface area (Å²) in [6, 6.07) is 16.6. The van der Waals surface area contributed by atoms with E-state index in [1.54, 1.807) is 30.3 Å². The van der Waals surface area contributed by atoms with Crippen molar-refractivity contribution in [3.63, 3.8) is 0 Å². The average Bonchev–Trinajstić information content (AvgIpc) is 3.19. The van der Waals surface area contributed by atoms with E-state index in [4.69, 9.17) is 27.6 Å². The molecule has 0 spiro atoms. The van der Waals surface area contributed by atoms with Crippen LogP contribution in [0.5, 0.6) is 0 Å². The quantitative estimate of drug-likeness (QED) is 0.334. The fraction of sp³-hybridized carbons (Fsp3) is 0.200. The van der Waals surface area contributed by atoms with E-state index >= 15 is 0 Å². The number of benzene rings is 3. The van der Waals surface area contributed by atoms with Crippen molar-refractivity contribution >= 4 is 45.9 Å². The molecule has 1 heterocycles. The lowest BCUT2D eigenvalue weighted by atomic mass is 9.98. The maximum absolute atomic E-state index is 12.7. The van der Waals surface area contributed by atoms with Crippen molar-refractivity contribution in [1.29, 1.82) is 0 Å². The molecule has 0 fully saturated rings. The number of aryl methyl sites for hydroxylation is 1. The zero-order valence-corrected chi connectivity index (χ0v) is 19.0. The first-order valence-electron chi connectivity index (χ1n) is 10.1. The summed E-state index contributed by atoms with van der Waals surface area (Å²) in [6.45, 7) is 6.24. The van der Waals surface area contributed by atoms with E-state index in [1.807, 2.05) is 19.1 Å². The lowest BCUT2D eigenvalue weighted by Crippen LogP contribution is -2.12. The summed E-state index contributed by atoms with van der Waals surface area (Å²) in [4.78, 5) is 17.3. The second kappa shape index (κ2) is 8.74. The van der Waals surface area contributed by atoms with Crippen LogP contribution in [0.2, 0.25) is 10.0 Å². The fourth-order valence-electron chi connectivity index (χ4n) is 3.29.